The fraction of sp³-hybridized carbons (Fsp3) is 0.889. The van der Waals surface area contributed by atoms with Crippen LogP contribution in [0.3, 0.4) is 0 Å². The van der Waals surface area contributed by atoms with Gasteiger partial charge in [0.05, 0.1) is 0 Å². The standard InChI is InChI=1S/C18H36N2O5/c1-14(19-15(22)24-17(2,3)4)10-12-20(11-8-9-13-21)16(23)25-18(5,6)7/h14,21H,8-13H2,1-7H3,(H,19,22)/t14-/m1/s1. The van der Waals surface area contributed by atoms with E-state index in [1.807, 2.05) is 48.5 Å². The van der Waals surface area contributed by atoms with Crippen molar-refractivity contribution in [3.05, 3.63) is 0 Å². The Morgan fingerprint density at radius 1 is 1.00 bits per heavy atom. The highest BCUT2D eigenvalue weighted by Crippen LogP contribution is 2.12. The predicted molar refractivity (Wildman–Crippen MR) is 97.6 cm³/mol. The highest BCUT2D eigenvalue weighted by molar-refractivity contribution is 5.68. The molecular weight excluding hydrogens is 324 g/mol. The van der Waals surface area contributed by atoms with Gasteiger partial charge in [0.25, 0.3) is 0 Å². The Bertz CT molecular complexity index is 413. The summed E-state index contributed by atoms with van der Waals surface area (Å²) in [5.41, 5.74) is -1.11. The summed E-state index contributed by atoms with van der Waals surface area (Å²) in [4.78, 5) is 25.7. The molecule has 7 heteroatoms. The van der Waals surface area contributed by atoms with Crippen LogP contribution >= 0.6 is 0 Å². The number of carbonyl (C=O) groups is 2. The van der Waals surface area contributed by atoms with Crippen LogP contribution in [-0.2, 0) is 9.47 Å². The number of aliphatic hydroxyl groups excluding tert-OH is 1. The van der Waals surface area contributed by atoms with Crippen molar-refractivity contribution in [1.82, 2.24) is 10.2 Å². The van der Waals surface area contributed by atoms with Crippen LogP contribution < -0.4 is 5.32 Å². The molecule has 0 heterocycles. The third-order valence-corrected chi connectivity index (χ3v) is 3.08. The number of hydrogen-bond acceptors (Lipinski definition) is 5. The van der Waals surface area contributed by atoms with Gasteiger partial charge in [0.1, 0.15) is 11.2 Å². The number of alkyl carbamates (subject to hydrolysis) is 1. The van der Waals surface area contributed by atoms with Crippen molar-refractivity contribution in [2.45, 2.75) is 85.0 Å². The number of nitrogens with zero attached hydrogens (tertiary/aromatic N) is 1. The molecule has 7 nitrogen and oxygen atoms in total. The van der Waals surface area contributed by atoms with Crippen LogP contribution in [0.25, 0.3) is 0 Å². The normalized spacial score (nSPS) is 13.1. The zero-order valence-electron chi connectivity index (χ0n) is 16.8. The van der Waals surface area contributed by atoms with Gasteiger partial charge in [-0.2, -0.15) is 0 Å². The van der Waals surface area contributed by atoms with Crippen molar-refractivity contribution in [2.24, 2.45) is 0 Å². The molecule has 0 spiro atoms. The van der Waals surface area contributed by atoms with Gasteiger partial charge in [0, 0.05) is 25.7 Å². The van der Waals surface area contributed by atoms with Crippen molar-refractivity contribution in [3.8, 4) is 0 Å². The number of aliphatic hydroxyl groups is 1. The van der Waals surface area contributed by atoms with Gasteiger partial charge in [-0.1, -0.05) is 0 Å². The van der Waals surface area contributed by atoms with Crippen molar-refractivity contribution < 1.29 is 24.2 Å². The quantitative estimate of drug-likeness (QED) is 0.649. The van der Waals surface area contributed by atoms with Gasteiger partial charge in [-0.25, -0.2) is 9.59 Å². The van der Waals surface area contributed by atoms with E-state index in [-0.39, 0.29) is 18.7 Å². The second-order valence-corrected chi connectivity index (χ2v) is 8.23. The number of ether oxygens (including phenoxy) is 2. The third kappa shape index (κ3) is 13.5. The van der Waals surface area contributed by atoms with Crippen LogP contribution in [0, 0.1) is 0 Å². The Morgan fingerprint density at radius 3 is 2.04 bits per heavy atom. The fourth-order valence-corrected chi connectivity index (χ4v) is 1.97. The minimum absolute atomic E-state index is 0.0960. The molecule has 0 aliphatic carbocycles. The maximum absolute atomic E-state index is 12.3. The van der Waals surface area contributed by atoms with Gasteiger partial charge in [-0.3, -0.25) is 0 Å². The molecule has 1 atom stereocenters. The van der Waals surface area contributed by atoms with Crippen LogP contribution in [0.5, 0.6) is 0 Å². The van der Waals surface area contributed by atoms with Crippen LogP contribution in [0.1, 0.15) is 67.7 Å². The van der Waals surface area contributed by atoms with Crippen molar-refractivity contribution >= 4 is 12.2 Å². The Balaban J connectivity index is 4.53. The van der Waals surface area contributed by atoms with E-state index in [9.17, 15) is 9.59 Å². The van der Waals surface area contributed by atoms with Crippen molar-refractivity contribution in [3.63, 3.8) is 0 Å². The highest BCUT2D eigenvalue weighted by Gasteiger charge is 2.23. The average molecular weight is 360 g/mol. The summed E-state index contributed by atoms with van der Waals surface area (Å²) in [6.45, 7) is 13.8. The first kappa shape index (κ1) is 23.5. The van der Waals surface area contributed by atoms with Crippen LogP contribution in [0.15, 0.2) is 0 Å². The third-order valence-electron chi connectivity index (χ3n) is 3.08. The number of unbranched alkanes of at least 4 members (excludes halogenated alkanes) is 1. The average Bonchev–Trinajstić information content (AvgIpc) is 2.38. The monoisotopic (exact) mass is 360 g/mol. The molecule has 0 unspecified atom stereocenters. The van der Waals surface area contributed by atoms with Gasteiger partial charge in [-0.05, 0) is 67.7 Å². The molecule has 148 valence electrons. The number of amides is 2. The summed E-state index contributed by atoms with van der Waals surface area (Å²) < 4.78 is 10.6. The molecule has 0 aliphatic heterocycles. The summed E-state index contributed by atoms with van der Waals surface area (Å²) in [5, 5.41) is 11.7. The van der Waals surface area contributed by atoms with E-state index >= 15 is 0 Å². The lowest BCUT2D eigenvalue weighted by Gasteiger charge is -2.28. The maximum Gasteiger partial charge on any atom is 0.410 e. The van der Waals surface area contributed by atoms with E-state index in [2.05, 4.69) is 5.32 Å². The van der Waals surface area contributed by atoms with Gasteiger partial charge in [0.2, 0.25) is 0 Å². The number of hydrogen-bond donors (Lipinski definition) is 2. The molecule has 0 saturated heterocycles. The Kier molecular flexibility index (Phi) is 9.85. The molecule has 0 radical (unpaired) electrons. The van der Waals surface area contributed by atoms with Gasteiger partial charge < -0.3 is 24.8 Å². The van der Waals surface area contributed by atoms with E-state index in [1.54, 1.807) is 4.90 Å². The van der Waals surface area contributed by atoms with Crippen molar-refractivity contribution in [1.29, 1.82) is 0 Å². The van der Waals surface area contributed by atoms with Crippen LogP contribution in [0.4, 0.5) is 9.59 Å². The van der Waals surface area contributed by atoms with Gasteiger partial charge >= 0.3 is 12.2 Å². The zero-order chi connectivity index (χ0) is 19.7. The van der Waals surface area contributed by atoms with Crippen molar-refractivity contribution in [2.75, 3.05) is 19.7 Å². The number of nitrogens with one attached hydrogen (secondary N) is 1. The Morgan fingerprint density at radius 2 is 1.56 bits per heavy atom. The molecule has 0 aromatic heterocycles. The lowest BCUT2D eigenvalue weighted by Crippen LogP contribution is -2.42. The van der Waals surface area contributed by atoms with Gasteiger partial charge in [-0.15, -0.1) is 0 Å². The molecular formula is C18H36N2O5. The maximum atomic E-state index is 12.3. The molecule has 0 fully saturated rings. The molecule has 0 aromatic rings. The first-order valence-electron chi connectivity index (χ1n) is 8.92. The van der Waals surface area contributed by atoms with E-state index in [4.69, 9.17) is 14.6 Å². The molecule has 25 heavy (non-hydrogen) atoms. The fourth-order valence-electron chi connectivity index (χ4n) is 1.97. The van der Waals surface area contributed by atoms with E-state index in [1.165, 1.54) is 0 Å². The first-order valence-corrected chi connectivity index (χ1v) is 8.92. The van der Waals surface area contributed by atoms with Crippen LogP contribution in [0.2, 0.25) is 0 Å². The minimum Gasteiger partial charge on any atom is -0.444 e. The topological polar surface area (TPSA) is 88.1 Å². The summed E-state index contributed by atoms with van der Waals surface area (Å²) in [6, 6.07) is -0.141. The molecule has 0 rings (SSSR count). The van der Waals surface area contributed by atoms with Gasteiger partial charge in [0.15, 0.2) is 0 Å². The van der Waals surface area contributed by atoms with Crippen LogP contribution in [-0.4, -0.2) is 59.1 Å². The minimum atomic E-state index is -0.563. The van der Waals surface area contributed by atoms with E-state index < -0.39 is 17.3 Å². The molecule has 2 amide bonds. The summed E-state index contributed by atoms with van der Waals surface area (Å²) >= 11 is 0. The lowest BCUT2D eigenvalue weighted by molar-refractivity contribution is 0.0237. The predicted octanol–water partition coefficient (Wildman–Crippen LogP) is 3.30. The summed E-state index contributed by atoms with van der Waals surface area (Å²) in [6.07, 6.45) is 1.06. The molecule has 0 aromatic carbocycles. The zero-order valence-corrected chi connectivity index (χ0v) is 16.8. The van der Waals surface area contributed by atoms with E-state index in [0.717, 1.165) is 0 Å². The largest absolute Gasteiger partial charge is 0.444 e. The lowest BCUT2D eigenvalue weighted by atomic mass is 10.2. The Hall–Kier alpha value is -1.50. The second kappa shape index (κ2) is 10.5. The second-order valence-electron chi connectivity index (χ2n) is 8.23. The molecule has 0 bridgehead atoms. The highest BCUT2D eigenvalue weighted by atomic mass is 16.6. The SMILES string of the molecule is C[C@H](CCN(CCCCO)C(=O)OC(C)(C)C)NC(=O)OC(C)(C)C. The smallest absolute Gasteiger partial charge is 0.410 e. The first-order chi connectivity index (χ1) is 11.3. The molecule has 0 saturated carbocycles. The number of rotatable bonds is 8. The number of carbonyl (C=O) groups excluding carboxylic acids is 2. The summed E-state index contributed by atoms with van der Waals surface area (Å²) in [5.74, 6) is 0. The summed E-state index contributed by atoms with van der Waals surface area (Å²) in [7, 11) is 0. The molecule has 2 N–H and O–H groups in total. The Labute approximate surface area is 152 Å². The van der Waals surface area contributed by atoms with E-state index in [0.29, 0.717) is 32.4 Å². The molecule has 0 aliphatic rings.